The molecule has 0 fully saturated rings. The lowest BCUT2D eigenvalue weighted by atomic mass is 9.93. The molecule has 5 heteroatoms. The van der Waals surface area contributed by atoms with Crippen LogP contribution in [0.3, 0.4) is 0 Å². The summed E-state index contributed by atoms with van der Waals surface area (Å²) in [6.45, 7) is 3.11. The highest BCUT2D eigenvalue weighted by Gasteiger charge is 2.30. The van der Waals surface area contributed by atoms with Crippen LogP contribution in [0.1, 0.15) is 64.8 Å². The number of aryl methyl sites for hydroxylation is 1. The van der Waals surface area contributed by atoms with Gasteiger partial charge < -0.3 is 13.7 Å². The minimum absolute atomic E-state index is 0.0109. The third-order valence-corrected chi connectivity index (χ3v) is 4.18. The highest BCUT2D eigenvalue weighted by molar-refractivity contribution is 6.09. The van der Waals surface area contributed by atoms with Crippen molar-refractivity contribution in [2.24, 2.45) is 0 Å². The molecule has 2 heterocycles. The Morgan fingerprint density at radius 2 is 2.17 bits per heavy atom. The van der Waals surface area contributed by atoms with Gasteiger partial charge in [0.25, 0.3) is 5.91 Å². The Kier molecular flexibility index (Phi) is 4.65. The van der Waals surface area contributed by atoms with Crippen molar-refractivity contribution in [2.75, 3.05) is 6.54 Å². The van der Waals surface area contributed by atoms with Crippen molar-refractivity contribution in [3.05, 3.63) is 47.3 Å². The van der Waals surface area contributed by atoms with Crippen molar-refractivity contribution in [2.45, 2.75) is 45.6 Å². The van der Waals surface area contributed by atoms with E-state index in [2.05, 4.69) is 6.92 Å². The Morgan fingerprint density at radius 1 is 1.30 bits per heavy atom. The normalized spacial score (nSPS) is 13.9. The van der Waals surface area contributed by atoms with Crippen LogP contribution in [0.25, 0.3) is 0 Å². The first-order chi connectivity index (χ1) is 11.2. The second kappa shape index (κ2) is 6.86. The molecule has 0 saturated heterocycles. The smallest absolute Gasteiger partial charge is 0.258 e. The van der Waals surface area contributed by atoms with Crippen LogP contribution < -0.4 is 0 Å². The fourth-order valence-electron chi connectivity index (χ4n) is 2.94. The topological polar surface area (TPSA) is 63.7 Å². The number of furan rings is 2. The lowest BCUT2D eigenvalue weighted by molar-refractivity contribution is 0.0723. The second-order valence-corrected chi connectivity index (χ2v) is 5.88. The molecular formula is C18H21NO4. The molecule has 3 rings (SSSR count). The Labute approximate surface area is 135 Å². The fourth-order valence-corrected chi connectivity index (χ4v) is 2.94. The van der Waals surface area contributed by atoms with Gasteiger partial charge in [-0.15, -0.1) is 0 Å². The number of amides is 1. The summed E-state index contributed by atoms with van der Waals surface area (Å²) in [5.74, 6) is 1.24. The maximum Gasteiger partial charge on any atom is 0.258 e. The molecule has 0 atom stereocenters. The summed E-state index contributed by atoms with van der Waals surface area (Å²) in [5.41, 5.74) is 0.884. The molecule has 1 amide bonds. The molecule has 0 saturated carbocycles. The molecule has 5 nitrogen and oxygen atoms in total. The summed E-state index contributed by atoms with van der Waals surface area (Å²) in [5, 5.41) is 0. The maximum absolute atomic E-state index is 12.9. The van der Waals surface area contributed by atoms with Gasteiger partial charge in [0.2, 0.25) is 0 Å². The summed E-state index contributed by atoms with van der Waals surface area (Å²) in [7, 11) is 0. The number of fused-ring (bicyclic) bond motifs is 1. The molecule has 0 spiro atoms. The summed E-state index contributed by atoms with van der Waals surface area (Å²) in [6, 6.07) is 3.66. The first-order valence-corrected chi connectivity index (χ1v) is 8.16. The first-order valence-electron chi connectivity index (χ1n) is 8.16. The van der Waals surface area contributed by atoms with E-state index < -0.39 is 0 Å². The summed E-state index contributed by atoms with van der Waals surface area (Å²) < 4.78 is 10.8. The van der Waals surface area contributed by atoms with Crippen LogP contribution in [0, 0.1) is 0 Å². The van der Waals surface area contributed by atoms with Crippen molar-refractivity contribution >= 4 is 11.7 Å². The zero-order chi connectivity index (χ0) is 16.2. The number of ketones is 1. The summed E-state index contributed by atoms with van der Waals surface area (Å²) >= 11 is 0. The number of hydrogen-bond donors (Lipinski definition) is 0. The Morgan fingerprint density at radius 3 is 2.91 bits per heavy atom. The molecule has 2 aromatic rings. The first kappa shape index (κ1) is 15.6. The maximum atomic E-state index is 12.9. The number of rotatable bonds is 6. The number of hydrogen-bond acceptors (Lipinski definition) is 4. The molecule has 0 bridgehead atoms. The van der Waals surface area contributed by atoms with E-state index in [9.17, 15) is 9.59 Å². The molecule has 0 unspecified atom stereocenters. The van der Waals surface area contributed by atoms with E-state index in [1.807, 2.05) is 6.07 Å². The van der Waals surface area contributed by atoms with Gasteiger partial charge in [-0.1, -0.05) is 13.3 Å². The zero-order valence-corrected chi connectivity index (χ0v) is 13.3. The van der Waals surface area contributed by atoms with Crippen LogP contribution in [0.2, 0.25) is 0 Å². The van der Waals surface area contributed by atoms with Crippen molar-refractivity contribution in [1.29, 1.82) is 0 Å². The molecule has 2 aromatic heterocycles. The lowest BCUT2D eigenvalue weighted by Gasteiger charge is -2.21. The van der Waals surface area contributed by atoms with Crippen LogP contribution in [-0.2, 0) is 13.0 Å². The van der Waals surface area contributed by atoms with E-state index in [0.29, 0.717) is 36.4 Å². The predicted molar refractivity (Wildman–Crippen MR) is 84.3 cm³/mol. The van der Waals surface area contributed by atoms with Crippen molar-refractivity contribution < 1.29 is 18.4 Å². The average molecular weight is 315 g/mol. The second-order valence-electron chi connectivity index (χ2n) is 5.88. The minimum Gasteiger partial charge on any atom is -0.468 e. The SMILES string of the molecule is CCCCN(Cc1ccco1)C(=O)c1coc2c1C(=O)CCC2. The molecule has 23 heavy (non-hydrogen) atoms. The van der Waals surface area contributed by atoms with Crippen molar-refractivity contribution in [3.63, 3.8) is 0 Å². The van der Waals surface area contributed by atoms with Gasteiger partial charge in [0, 0.05) is 19.4 Å². The van der Waals surface area contributed by atoms with Gasteiger partial charge in [-0.3, -0.25) is 9.59 Å². The Hall–Kier alpha value is -2.30. The highest BCUT2D eigenvalue weighted by Crippen LogP contribution is 2.27. The van der Waals surface area contributed by atoms with Gasteiger partial charge in [0.1, 0.15) is 17.8 Å². The lowest BCUT2D eigenvalue weighted by Crippen LogP contribution is -2.32. The van der Waals surface area contributed by atoms with Crippen LogP contribution >= 0.6 is 0 Å². The molecular weight excluding hydrogens is 294 g/mol. The molecule has 0 N–H and O–H groups in total. The van der Waals surface area contributed by atoms with Gasteiger partial charge >= 0.3 is 0 Å². The van der Waals surface area contributed by atoms with Crippen molar-refractivity contribution in [3.8, 4) is 0 Å². The van der Waals surface area contributed by atoms with Crippen LogP contribution in [0.5, 0.6) is 0 Å². The van der Waals surface area contributed by atoms with Gasteiger partial charge in [-0.25, -0.2) is 0 Å². The molecule has 0 aliphatic heterocycles. The van der Waals surface area contributed by atoms with E-state index in [0.717, 1.165) is 31.4 Å². The number of Topliss-reactive ketones (excluding diaryl/α,β-unsaturated/α-hetero) is 1. The third-order valence-electron chi connectivity index (χ3n) is 4.18. The van der Waals surface area contributed by atoms with Gasteiger partial charge in [0.15, 0.2) is 5.78 Å². The van der Waals surface area contributed by atoms with E-state index in [-0.39, 0.29) is 11.7 Å². The fraction of sp³-hybridized carbons (Fsp3) is 0.444. The zero-order valence-electron chi connectivity index (χ0n) is 13.3. The number of nitrogens with zero attached hydrogens (tertiary/aromatic N) is 1. The van der Waals surface area contributed by atoms with E-state index in [1.165, 1.54) is 6.26 Å². The number of unbranched alkanes of at least 4 members (excludes halogenated alkanes) is 1. The minimum atomic E-state index is -0.157. The van der Waals surface area contributed by atoms with Crippen LogP contribution in [0.15, 0.2) is 33.5 Å². The van der Waals surface area contributed by atoms with Crippen LogP contribution in [0.4, 0.5) is 0 Å². The van der Waals surface area contributed by atoms with E-state index >= 15 is 0 Å². The van der Waals surface area contributed by atoms with Crippen LogP contribution in [-0.4, -0.2) is 23.1 Å². The average Bonchev–Trinajstić information content (AvgIpc) is 3.20. The van der Waals surface area contributed by atoms with Gasteiger partial charge in [-0.05, 0) is 25.0 Å². The standard InChI is InChI=1S/C18H21NO4/c1-2-3-9-19(11-13-6-5-10-22-13)18(21)14-12-23-16-8-4-7-15(20)17(14)16/h5-6,10,12H,2-4,7-9,11H2,1H3. The monoisotopic (exact) mass is 315 g/mol. The van der Waals surface area contributed by atoms with Gasteiger partial charge in [-0.2, -0.15) is 0 Å². The molecule has 1 aliphatic carbocycles. The largest absolute Gasteiger partial charge is 0.468 e. The van der Waals surface area contributed by atoms with E-state index in [1.54, 1.807) is 17.2 Å². The van der Waals surface area contributed by atoms with E-state index in [4.69, 9.17) is 8.83 Å². The highest BCUT2D eigenvalue weighted by atomic mass is 16.3. The van der Waals surface area contributed by atoms with Crippen molar-refractivity contribution in [1.82, 2.24) is 4.90 Å². The predicted octanol–water partition coefficient (Wildman–Crippen LogP) is 3.83. The Bertz CT molecular complexity index is 684. The number of carbonyl (C=O) groups excluding carboxylic acids is 2. The van der Waals surface area contributed by atoms with Gasteiger partial charge in [0.05, 0.1) is 23.9 Å². The summed E-state index contributed by atoms with van der Waals surface area (Å²) in [4.78, 5) is 26.8. The third kappa shape index (κ3) is 3.23. The molecule has 122 valence electrons. The number of carbonyl (C=O) groups is 2. The Balaban J connectivity index is 1.85. The quantitative estimate of drug-likeness (QED) is 0.812. The molecule has 1 aliphatic rings. The molecule has 0 radical (unpaired) electrons. The molecule has 0 aromatic carbocycles. The summed E-state index contributed by atoms with van der Waals surface area (Å²) in [6.07, 6.45) is 6.93.